The number of carbonyl (C=O) groups is 2. The number of rotatable bonds is 6. The molecule has 1 saturated heterocycles. The van der Waals surface area contributed by atoms with Crippen molar-refractivity contribution in [2.45, 2.75) is 6.42 Å². The highest BCUT2D eigenvalue weighted by atomic mass is 35.5. The monoisotopic (exact) mass is 562 g/mol. The minimum Gasteiger partial charge on any atom is -0.378 e. The zero-order valence-electron chi connectivity index (χ0n) is 20.4. The van der Waals surface area contributed by atoms with Crippen molar-refractivity contribution in [2.24, 2.45) is 4.99 Å². The summed E-state index contributed by atoms with van der Waals surface area (Å²) < 4.78 is 5.46. The van der Waals surface area contributed by atoms with Gasteiger partial charge in [-0.1, -0.05) is 65.7 Å². The van der Waals surface area contributed by atoms with Gasteiger partial charge in [0, 0.05) is 40.7 Å². The molecule has 1 fully saturated rings. The van der Waals surface area contributed by atoms with Gasteiger partial charge >= 0.3 is 0 Å². The van der Waals surface area contributed by atoms with Gasteiger partial charge in [0.05, 0.1) is 18.1 Å². The number of hydrogen-bond donors (Lipinski definition) is 0. The van der Waals surface area contributed by atoms with Crippen LogP contribution in [0.2, 0.25) is 10.0 Å². The first-order valence-electron chi connectivity index (χ1n) is 12.2. The maximum atomic E-state index is 13.3. The Balaban J connectivity index is 1.58. The molecule has 2 aliphatic rings. The summed E-state index contributed by atoms with van der Waals surface area (Å²) in [5.41, 5.74) is 3.77. The van der Waals surface area contributed by atoms with Gasteiger partial charge in [-0.3, -0.25) is 9.59 Å². The first-order valence-corrected chi connectivity index (χ1v) is 13.7. The Kier molecular flexibility index (Phi) is 8.45. The molecule has 1 amide bonds. The van der Waals surface area contributed by atoms with Gasteiger partial charge in [-0.25, -0.2) is 0 Å². The van der Waals surface area contributed by atoms with Crippen LogP contribution in [0.4, 0.5) is 0 Å². The number of amides is 1. The standard InChI is InChI=1S/C30H24Cl2N2O3S/c31-24-10-6-21(7-11-24)26(28-29(36)33-30(38-28)34-14-16-37-17-15-34)18-23(20-4-2-1-3-5-20)19-27(35)22-8-12-25(32)13-9-22/h1-13,18H,14-17,19H2/b23-18-,28-26+. The molecule has 3 aromatic rings. The number of benzene rings is 3. The molecule has 0 aliphatic carbocycles. The second kappa shape index (κ2) is 12.1. The number of ether oxygens (including phenoxy) is 1. The number of hydrogen-bond acceptors (Lipinski definition) is 5. The molecule has 5 rings (SSSR count). The molecule has 0 N–H and O–H groups in total. The van der Waals surface area contributed by atoms with E-state index in [1.54, 1.807) is 36.4 Å². The van der Waals surface area contributed by atoms with Crippen molar-refractivity contribution in [2.75, 3.05) is 26.3 Å². The molecular weight excluding hydrogens is 539 g/mol. The van der Waals surface area contributed by atoms with Crippen LogP contribution in [0.3, 0.4) is 0 Å². The molecule has 0 atom stereocenters. The highest BCUT2D eigenvalue weighted by Gasteiger charge is 2.30. The maximum Gasteiger partial charge on any atom is 0.286 e. The number of halogens is 2. The molecule has 0 radical (unpaired) electrons. The lowest BCUT2D eigenvalue weighted by Gasteiger charge is -2.27. The summed E-state index contributed by atoms with van der Waals surface area (Å²) in [6.07, 6.45) is 2.08. The largest absolute Gasteiger partial charge is 0.378 e. The fourth-order valence-corrected chi connectivity index (χ4v) is 5.53. The highest BCUT2D eigenvalue weighted by Crippen LogP contribution is 2.38. The predicted octanol–water partition coefficient (Wildman–Crippen LogP) is 7.02. The van der Waals surface area contributed by atoms with E-state index in [0.29, 0.717) is 57.6 Å². The molecule has 192 valence electrons. The van der Waals surface area contributed by atoms with E-state index in [-0.39, 0.29) is 18.1 Å². The third-order valence-corrected chi connectivity index (χ3v) is 7.88. The number of amidine groups is 1. The molecule has 5 nitrogen and oxygen atoms in total. The molecule has 2 heterocycles. The molecule has 0 aromatic heterocycles. The maximum absolute atomic E-state index is 13.3. The van der Waals surface area contributed by atoms with Crippen LogP contribution in [-0.4, -0.2) is 48.1 Å². The number of allylic oxidation sites excluding steroid dienone is 3. The van der Waals surface area contributed by atoms with Crippen molar-refractivity contribution < 1.29 is 14.3 Å². The Morgan fingerprint density at radius 2 is 1.47 bits per heavy atom. The number of carbonyl (C=O) groups excluding carboxylic acids is 2. The first kappa shape index (κ1) is 26.4. The zero-order valence-corrected chi connectivity index (χ0v) is 22.7. The SMILES string of the molecule is O=C1N=C(N2CCOCC2)S/C1=C(\C=C(\CC(=O)c1ccc(Cl)cc1)c1ccccc1)c1ccc(Cl)cc1. The van der Waals surface area contributed by atoms with E-state index in [9.17, 15) is 9.59 Å². The van der Waals surface area contributed by atoms with E-state index < -0.39 is 0 Å². The number of Topliss-reactive ketones (excluding diaryl/α,β-unsaturated/α-hetero) is 1. The molecule has 0 spiro atoms. The second-order valence-corrected chi connectivity index (χ2v) is 10.6. The van der Waals surface area contributed by atoms with E-state index in [4.69, 9.17) is 27.9 Å². The number of thioether (sulfide) groups is 1. The smallest absolute Gasteiger partial charge is 0.286 e. The van der Waals surface area contributed by atoms with Crippen LogP contribution in [-0.2, 0) is 9.53 Å². The van der Waals surface area contributed by atoms with Gasteiger partial charge in [-0.15, -0.1) is 0 Å². The Labute approximate surface area is 235 Å². The van der Waals surface area contributed by atoms with Gasteiger partial charge in [-0.05, 0) is 70.9 Å². The zero-order chi connectivity index (χ0) is 26.5. The fraction of sp³-hybridized carbons (Fsp3) is 0.167. The Morgan fingerprint density at radius 1 is 0.868 bits per heavy atom. The normalized spacial score (nSPS) is 17.4. The molecular formula is C30H24Cl2N2O3S. The van der Waals surface area contributed by atoms with Crippen LogP contribution in [0.15, 0.2) is 94.8 Å². The molecule has 0 unspecified atom stereocenters. The third-order valence-electron chi connectivity index (χ3n) is 6.25. The molecule has 8 heteroatoms. The average Bonchev–Trinajstić information content (AvgIpc) is 3.34. The van der Waals surface area contributed by atoms with Crippen LogP contribution < -0.4 is 0 Å². The van der Waals surface area contributed by atoms with Crippen LogP contribution in [0.1, 0.15) is 27.9 Å². The van der Waals surface area contributed by atoms with Gasteiger partial charge in [0.2, 0.25) is 0 Å². The number of ketones is 1. The van der Waals surface area contributed by atoms with Crippen LogP contribution in [0.25, 0.3) is 11.1 Å². The summed E-state index contributed by atoms with van der Waals surface area (Å²) in [7, 11) is 0. The van der Waals surface area contributed by atoms with Gasteiger partial charge < -0.3 is 9.64 Å². The molecule has 38 heavy (non-hydrogen) atoms. The summed E-state index contributed by atoms with van der Waals surface area (Å²) in [4.78, 5) is 33.5. The van der Waals surface area contributed by atoms with E-state index >= 15 is 0 Å². The van der Waals surface area contributed by atoms with Crippen molar-refractivity contribution in [3.8, 4) is 0 Å². The predicted molar refractivity (Wildman–Crippen MR) is 156 cm³/mol. The van der Waals surface area contributed by atoms with Crippen LogP contribution in [0, 0.1) is 0 Å². The van der Waals surface area contributed by atoms with Crippen molar-refractivity contribution >= 4 is 63.0 Å². The quantitative estimate of drug-likeness (QED) is 0.238. The van der Waals surface area contributed by atoms with Crippen molar-refractivity contribution in [1.82, 2.24) is 4.90 Å². The number of morpholine rings is 1. The lowest BCUT2D eigenvalue weighted by Crippen LogP contribution is -2.38. The number of nitrogens with zero attached hydrogens (tertiary/aromatic N) is 2. The Hall–Kier alpha value is -3.16. The van der Waals surface area contributed by atoms with Gasteiger partial charge in [0.25, 0.3) is 5.91 Å². The topological polar surface area (TPSA) is 59.0 Å². The van der Waals surface area contributed by atoms with Gasteiger partial charge in [-0.2, -0.15) is 4.99 Å². The van der Waals surface area contributed by atoms with Gasteiger partial charge in [0.15, 0.2) is 11.0 Å². The summed E-state index contributed by atoms with van der Waals surface area (Å²) in [6.45, 7) is 2.57. The molecule has 2 aliphatic heterocycles. The van der Waals surface area contributed by atoms with E-state index in [0.717, 1.165) is 16.7 Å². The minimum absolute atomic E-state index is 0.0483. The molecule has 0 bridgehead atoms. The van der Waals surface area contributed by atoms with E-state index in [1.165, 1.54) is 11.8 Å². The molecule has 3 aromatic carbocycles. The van der Waals surface area contributed by atoms with Crippen LogP contribution in [0.5, 0.6) is 0 Å². The van der Waals surface area contributed by atoms with Crippen molar-refractivity contribution in [1.29, 1.82) is 0 Å². The van der Waals surface area contributed by atoms with Crippen molar-refractivity contribution in [3.63, 3.8) is 0 Å². The van der Waals surface area contributed by atoms with E-state index in [1.807, 2.05) is 48.5 Å². The molecule has 0 saturated carbocycles. The van der Waals surface area contributed by atoms with Crippen LogP contribution >= 0.6 is 35.0 Å². The Morgan fingerprint density at radius 3 is 2.11 bits per heavy atom. The average molecular weight is 564 g/mol. The van der Waals surface area contributed by atoms with Crippen molar-refractivity contribution in [3.05, 3.63) is 117 Å². The van der Waals surface area contributed by atoms with E-state index in [2.05, 4.69) is 9.89 Å². The lowest BCUT2D eigenvalue weighted by atomic mass is 9.93. The summed E-state index contributed by atoms with van der Waals surface area (Å²) in [6, 6.07) is 23.9. The number of aliphatic imine (C=N–C) groups is 1. The van der Waals surface area contributed by atoms with Gasteiger partial charge in [0.1, 0.15) is 0 Å². The minimum atomic E-state index is -0.297. The second-order valence-electron chi connectivity index (χ2n) is 8.79. The summed E-state index contributed by atoms with van der Waals surface area (Å²) in [5.74, 6) is -0.345. The summed E-state index contributed by atoms with van der Waals surface area (Å²) in [5, 5.41) is 1.84. The lowest BCUT2D eigenvalue weighted by molar-refractivity contribution is -0.113. The fourth-order valence-electron chi connectivity index (χ4n) is 4.24. The Bertz CT molecular complexity index is 1430. The highest BCUT2D eigenvalue weighted by molar-refractivity contribution is 8.18. The third kappa shape index (κ3) is 6.27. The summed E-state index contributed by atoms with van der Waals surface area (Å²) >= 11 is 13.6. The first-order chi connectivity index (χ1) is 18.5.